The summed E-state index contributed by atoms with van der Waals surface area (Å²) < 4.78 is 10.6. The molecule has 2 heterocycles. The zero-order valence-corrected chi connectivity index (χ0v) is 15.8. The third kappa shape index (κ3) is 3.36. The Hall–Kier alpha value is -3.54. The highest BCUT2D eigenvalue weighted by Gasteiger charge is 2.25. The molecule has 6 heteroatoms. The van der Waals surface area contributed by atoms with Crippen molar-refractivity contribution in [2.24, 2.45) is 0 Å². The molecule has 0 bridgehead atoms. The van der Waals surface area contributed by atoms with E-state index in [4.69, 9.17) is 9.47 Å². The lowest BCUT2D eigenvalue weighted by Gasteiger charge is -2.17. The number of anilines is 3. The first-order valence-corrected chi connectivity index (χ1v) is 9.04. The van der Waals surface area contributed by atoms with Crippen molar-refractivity contribution >= 4 is 23.0 Å². The molecule has 28 heavy (non-hydrogen) atoms. The van der Waals surface area contributed by atoms with Crippen molar-refractivity contribution < 1.29 is 14.3 Å². The summed E-state index contributed by atoms with van der Waals surface area (Å²) in [7, 11) is 3.22. The number of hydrogen-bond donors (Lipinski definition) is 1. The molecule has 2 aromatic carbocycles. The number of pyridine rings is 1. The van der Waals surface area contributed by atoms with Gasteiger partial charge in [0.15, 0.2) is 0 Å². The normalized spacial score (nSPS) is 12.4. The number of methoxy groups -OCH3 is 2. The number of amides is 1. The van der Waals surface area contributed by atoms with Gasteiger partial charge < -0.3 is 19.7 Å². The van der Waals surface area contributed by atoms with E-state index in [1.807, 2.05) is 36.4 Å². The fourth-order valence-electron chi connectivity index (χ4n) is 3.34. The topological polar surface area (TPSA) is 63.7 Å². The molecule has 1 amide bonds. The number of carbonyl (C=O) groups is 1. The van der Waals surface area contributed by atoms with E-state index in [0.29, 0.717) is 23.7 Å². The first-order valence-electron chi connectivity index (χ1n) is 9.04. The number of carbonyl (C=O) groups excluding carboxylic acids is 1. The quantitative estimate of drug-likeness (QED) is 0.729. The SMILES string of the molecule is COc1ccc(Nc2ccc(C(=O)N3CCc4ccccc43)nc2)c(OC)c1. The minimum absolute atomic E-state index is 0.0847. The van der Waals surface area contributed by atoms with Crippen LogP contribution in [0.3, 0.4) is 0 Å². The van der Waals surface area contributed by atoms with Crippen LogP contribution in [0.1, 0.15) is 16.1 Å². The van der Waals surface area contributed by atoms with Gasteiger partial charge in [-0.15, -0.1) is 0 Å². The second kappa shape index (κ2) is 7.60. The molecule has 0 atom stereocenters. The summed E-state index contributed by atoms with van der Waals surface area (Å²) >= 11 is 0. The van der Waals surface area contributed by atoms with E-state index in [0.717, 1.165) is 23.5 Å². The molecule has 1 aromatic heterocycles. The summed E-state index contributed by atoms with van der Waals surface area (Å²) in [5.74, 6) is 1.29. The number of ether oxygens (including phenoxy) is 2. The Morgan fingerprint density at radius 1 is 1.07 bits per heavy atom. The van der Waals surface area contributed by atoms with Gasteiger partial charge in [-0.3, -0.25) is 4.79 Å². The van der Waals surface area contributed by atoms with Crippen LogP contribution in [0.2, 0.25) is 0 Å². The number of fused-ring (bicyclic) bond motifs is 1. The molecule has 0 aliphatic carbocycles. The van der Waals surface area contributed by atoms with Crippen LogP contribution in [-0.4, -0.2) is 31.7 Å². The first kappa shape index (κ1) is 17.9. The predicted molar refractivity (Wildman–Crippen MR) is 109 cm³/mol. The van der Waals surface area contributed by atoms with Crippen LogP contribution in [0.15, 0.2) is 60.8 Å². The zero-order valence-electron chi connectivity index (χ0n) is 15.8. The van der Waals surface area contributed by atoms with Crippen molar-refractivity contribution in [2.75, 3.05) is 31.0 Å². The average molecular weight is 375 g/mol. The Morgan fingerprint density at radius 2 is 1.93 bits per heavy atom. The Labute approximate surface area is 163 Å². The molecular formula is C22H21N3O3. The van der Waals surface area contributed by atoms with E-state index >= 15 is 0 Å². The van der Waals surface area contributed by atoms with Crippen LogP contribution in [-0.2, 0) is 6.42 Å². The summed E-state index contributed by atoms with van der Waals surface area (Å²) in [6.07, 6.45) is 2.53. The second-order valence-electron chi connectivity index (χ2n) is 6.46. The Kier molecular flexibility index (Phi) is 4.85. The van der Waals surface area contributed by atoms with E-state index in [1.54, 1.807) is 37.4 Å². The predicted octanol–water partition coefficient (Wildman–Crippen LogP) is 4.05. The molecular weight excluding hydrogens is 354 g/mol. The minimum Gasteiger partial charge on any atom is -0.497 e. The van der Waals surface area contributed by atoms with Crippen LogP contribution in [0.4, 0.5) is 17.1 Å². The molecule has 0 saturated carbocycles. The lowest BCUT2D eigenvalue weighted by Crippen LogP contribution is -2.29. The largest absolute Gasteiger partial charge is 0.497 e. The molecule has 3 aromatic rings. The molecule has 0 radical (unpaired) electrons. The van der Waals surface area contributed by atoms with Crippen LogP contribution < -0.4 is 19.7 Å². The van der Waals surface area contributed by atoms with Crippen molar-refractivity contribution in [2.45, 2.75) is 6.42 Å². The fraction of sp³-hybridized carbons (Fsp3) is 0.182. The molecule has 6 nitrogen and oxygen atoms in total. The molecule has 0 spiro atoms. The Morgan fingerprint density at radius 3 is 2.68 bits per heavy atom. The third-order valence-corrected chi connectivity index (χ3v) is 4.80. The van der Waals surface area contributed by atoms with Crippen molar-refractivity contribution in [3.05, 3.63) is 72.1 Å². The summed E-state index contributed by atoms with van der Waals surface area (Å²) in [5, 5.41) is 3.26. The monoisotopic (exact) mass is 375 g/mol. The lowest BCUT2D eigenvalue weighted by atomic mass is 10.2. The first-order chi connectivity index (χ1) is 13.7. The maximum Gasteiger partial charge on any atom is 0.276 e. The number of hydrogen-bond acceptors (Lipinski definition) is 5. The van der Waals surface area contributed by atoms with Gasteiger partial charge in [0.05, 0.1) is 31.8 Å². The summed E-state index contributed by atoms with van der Waals surface area (Å²) in [6, 6.07) is 17.1. The fourth-order valence-corrected chi connectivity index (χ4v) is 3.34. The van der Waals surface area contributed by atoms with Gasteiger partial charge in [-0.25, -0.2) is 4.98 Å². The molecule has 1 aliphatic rings. The smallest absolute Gasteiger partial charge is 0.276 e. The number of para-hydroxylation sites is 1. The highest BCUT2D eigenvalue weighted by molar-refractivity contribution is 6.06. The van der Waals surface area contributed by atoms with Gasteiger partial charge in [0.1, 0.15) is 17.2 Å². The third-order valence-electron chi connectivity index (χ3n) is 4.80. The molecule has 0 saturated heterocycles. The van der Waals surface area contributed by atoms with Gasteiger partial charge in [0.2, 0.25) is 0 Å². The van der Waals surface area contributed by atoms with Gasteiger partial charge in [-0.05, 0) is 42.3 Å². The number of nitrogens with zero attached hydrogens (tertiary/aromatic N) is 2. The number of nitrogens with one attached hydrogen (secondary N) is 1. The summed E-state index contributed by atoms with van der Waals surface area (Å²) in [5.41, 5.74) is 4.14. The van der Waals surface area contributed by atoms with Gasteiger partial charge in [-0.2, -0.15) is 0 Å². The molecule has 1 N–H and O–H groups in total. The molecule has 1 aliphatic heterocycles. The molecule has 0 unspecified atom stereocenters. The van der Waals surface area contributed by atoms with E-state index in [-0.39, 0.29) is 5.91 Å². The molecule has 142 valence electrons. The van der Waals surface area contributed by atoms with E-state index in [2.05, 4.69) is 16.4 Å². The van der Waals surface area contributed by atoms with Gasteiger partial charge in [0.25, 0.3) is 5.91 Å². The number of benzene rings is 2. The van der Waals surface area contributed by atoms with Crippen molar-refractivity contribution in [1.82, 2.24) is 4.98 Å². The Bertz CT molecular complexity index is 1000. The van der Waals surface area contributed by atoms with Crippen molar-refractivity contribution in [1.29, 1.82) is 0 Å². The number of aromatic nitrogens is 1. The Balaban J connectivity index is 1.51. The van der Waals surface area contributed by atoms with Crippen molar-refractivity contribution in [3.63, 3.8) is 0 Å². The molecule has 0 fully saturated rings. The lowest BCUT2D eigenvalue weighted by molar-refractivity contribution is 0.0984. The van der Waals surface area contributed by atoms with Gasteiger partial charge >= 0.3 is 0 Å². The molecule has 4 rings (SSSR count). The average Bonchev–Trinajstić information content (AvgIpc) is 3.18. The maximum atomic E-state index is 12.9. The van der Waals surface area contributed by atoms with Crippen LogP contribution in [0.25, 0.3) is 0 Å². The van der Waals surface area contributed by atoms with Crippen LogP contribution >= 0.6 is 0 Å². The highest BCUT2D eigenvalue weighted by atomic mass is 16.5. The minimum atomic E-state index is -0.0847. The van der Waals surface area contributed by atoms with E-state index in [1.165, 1.54) is 5.56 Å². The van der Waals surface area contributed by atoms with Gasteiger partial charge in [0, 0.05) is 18.3 Å². The summed E-state index contributed by atoms with van der Waals surface area (Å²) in [6.45, 7) is 0.683. The van der Waals surface area contributed by atoms with E-state index in [9.17, 15) is 4.79 Å². The van der Waals surface area contributed by atoms with Crippen LogP contribution in [0.5, 0.6) is 11.5 Å². The van der Waals surface area contributed by atoms with E-state index < -0.39 is 0 Å². The standard InChI is InChI=1S/C22H21N3O3/c1-27-17-8-10-18(21(13-17)28-2)24-16-7-9-19(23-14-16)22(26)25-12-11-15-5-3-4-6-20(15)25/h3-10,13-14,24H,11-12H2,1-2H3. The second-order valence-corrected chi connectivity index (χ2v) is 6.46. The summed E-state index contributed by atoms with van der Waals surface area (Å²) in [4.78, 5) is 19.0. The van der Waals surface area contributed by atoms with Crippen LogP contribution in [0, 0.1) is 0 Å². The van der Waals surface area contributed by atoms with Gasteiger partial charge in [-0.1, -0.05) is 18.2 Å². The van der Waals surface area contributed by atoms with Crippen molar-refractivity contribution in [3.8, 4) is 11.5 Å². The zero-order chi connectivity index (χ0) is 19.5. The highest BCUT2D eigenvalue weighted by Crippen LogP contribution is 2.32. The number of rotatable bonds is 5. The maximum absolute atomic E-state index is 12.9.